The first-order chi connectivity index (χ1) is 12.7. The molecule has 0 saturated heterocycles. The smallest absolute Gasteiger partial charge is 0.0689 e. The number of rotatable bonds is 10. The van der Waals surface area contributed by atoms with Gasteiger partial charge in [-0.05, 0) is 76.0 Å². The van der Waals surface area contributed by atoms with Gasteiger partial charge in [0.15, 0.2) is 0 Å². The van der Waals surface area contributed by atoms with Crippen molar-refractivity contribution in [1.29, 1.82) is 5.26 Å². The second kappa shape index (κ2) is 11.8. The zero-order chi connectivity index (χ0) is 18.7. The van der Waals surface area contributed by atoms with E-state index in [1.165, 1.54) is 77.0 Å². The highest BCUT2D eigenvalue weighted by molar-refractivity contribution is 5.03. The van der Waals surface area contributed by atoms with Crippen molar-refractivity contribution < 1.29 is 0 Å². The van der Waals surface area contributed by atoms with Crippen molar-refractivity contribution in [2.75, 3.05) is 0 Å². The molecule has 0 aromatic carbocycles. The molecule has 0 heterocycles. The van der Waals surface area contributed by atoms with E-state index in [4.69, 9.17) is 0 Å². The largest absolute Gasteiger partial charge is 0.198 e. The Morgan fingerprint density at radius 3 is 2.19 bits per heavy atom. The highest BCUT2D eigenvalue weighted by Gasteiger charge is 2.38. The molecule has 0 aliphatic heterocycles. The minimum Gasteiger partial charge on any atom is -0.198 e. The summed E-state index contributed by atoms with van der Waals surface area (Å²) in [5.74, 6) is 2.91. The van der Waals surface area contributed by atoms with Crippen molar-refractivity contribution in [2.24, 2.45) is 23.2 Å². The van der Waals surface area contributed by atoms with Gasteiger partial charge in [0.2, 0.25) is 0 Å². The predicted octanol–water partition coefficient (Wildman–Crippen LogP) is 8.21. The van der Waals surface area contributed by atoms with Crippen molar-refractivity contribution >= 4 is 0 Å². The van der Waals surface area contributed by atoms with E-state index < -0.39 is 0 Å². The fourth-order valence-corrected chi connectivity index (χ4v) is 5.59. The molecular weight excluding hydrogens is 314 g/mol. The Morgan fingerprint density at radius 2 is 1.58 bits per heavy atom. The first-order valence-corrected chi connectivity index (χ1v) is 11.8. The van der Waals surface area contributed by atoms with Gasteiger partial charge in [-0.3, -0.25) is 0 Å². The van der Waals surface area contributed by atoms with Gasteiger partial charge in [0, 0.05) is 0 Å². The van der Waals surface area contributed by atoms with E-state index >= 15 is 0 Å². The van der Waals surface area contributed by atoms with Crippen molar-refractivity contribution in [3.63, 3.8) is 0 Å². The van der Waals surface area contributed by atoms with Crippen LogP contribution >= 0.6 is 0 Å². The molecule has 0 radical (unpaired) electrons. The number of allylic oxidation sites excluding steroid dienone is 2. The average molecular weight is 358 g/mol. The van der Waals surface area contributed by atoms with Crippen LogP contribution < -0.4 is 0 Å². The Labute approximate surface area is 163 Å². The lowest BCUT2D eigenvalue weighted by Gasteiger charge is -2.40. The van der Waals surface area contributed by atoms with Gasteiger partial charge in [-0.2, -0.15) is 5.26 Å². The maximum Gasteiger partial charge on any atom is 0.0689 e. The molecule has 2 fully saturated rings. The van der Waals surface area contributed by atoms with Gasteiger partial charge in [0.05, 0.1) is 11.5 Å². The van der Waals surface area contributed by atoms with Gasteiger partial charge in [0.1, 0.15) is 0 Å². The molecule has 1 nitrogen and oxygen atoms in total. The molecule has 0 N–H and O–H groups in total. The Kier molecular flexibility index (Phi) is 9.80. The minimum atomic E-state index is -0.00823. The summed E-state index contributed by atoms with van der Waals surface area (Å²) in [7, 11) is 0. The van der Waals surface area contributed by atoms with E-state index in [9.17, 15) is 5.26 Å². The maximum atomic E-state index is 9.73. The Balaban J connectivity index is 1.65. The number of nitriles is 1. The van der Waals surface area contributed by atoms with Crippen LogP contribution in [0.15, 0.2) is 12.2 Å². The van der Waals surface area contributed by atoms with Crippen molar-refractivity contribution in [2.45, 2.75) is 117 Å². The maximum absolute atomic E-state index is 9.73. The van der Waals surface area contributed by atoms with Gasteiger partial charge < -0.3 is 0 Å². The van der Waals surface area contributed by atoms with E-state index in [0.29, 0.717) is 0 Å². The third-order valence-corrected chi connectivity index (χ3v) is 7.52. The molecule has 2 aliphatic rings. The fraction of sp³-hybridized carbons (Fsp3) is 0.880. The lowest BCUT2D eigenvalue weighted by molar-refractivity contribution is 0.116. The molecule has 0 amide bonds. The van der Waals surface area contributed by atoms with Crippen LogP contribution in [0, 0.1) is 34.5 Å². The van der Waals surface area contributed by atoms with Crippen molar-refractivity contribution in [3.05, 3.63) is 12.2 Å². The average Bonchev–Trinajstić information content (AvgIpc) is 2.69. The molecule has 0 bridgehead atoms. The summed E-state index contributed by atoms with van der Waals surface area (Å²) in [6.45, 7) is 4.38. The number of hydrogen-bond donors (Lipinski definition) is 0. The van der Waals surface area contributed by atoms with E-state index in [1.807, 2.05) is 0 Å². The topological polar surface area (TPSA) is 23.8 Å². The number of unbranched alkanes of at least 4 members (excludes halogenated alkanes) is 4. The summed E-state index contributed by atoms with van der Waals surface area (Å²) >= 11 is 0. The standard InChI is InChI=1S/C25H43N/c1-3-5-7-8-9-11-22-12-14-23(15-13-22)24-16-19-25(21-26,20-17-24)18-10-6-4-2/h4,6,22-24H,3,5,7-20H2,1-2H3/b6-4+. The van der Waals surface area contributed by atoms with Gasteiger partial charge in [0.25, 0.3) is 0 Å². The molecule has 0 unspecified atom stereocenters. The molecule has 0 spiro atoms. The van der Waals surface area contributed by atoms with E-state index in [1.54, 1.807) is 0 Å². The van der Waals surface area contributed by atoms with E-state index in [-0.39, 0.29) is 5.41 Å². The van der Waals surface area contributed by atoms with Crippen LogP contribution in [-0.4, -0.2) is 0 Å². The lowest BCUT2D eigenvalue weighted by atomic mass is 9.63. The van der Waals surface area contributed by atoms with E-state index in [0.717, 1.165) is 43.4 Å². The van der Waals surface area contributed by atoms with Crippen molar-refractivity contribution in [1.82, 2.24) is 0 Å². The summed E-state index contributed by atoms with van der Waals surface area (Å²) in [6.07, 6.45) is 26.0. The van der Waals surface area contributed by atoms with Gasteiger partial charge >= 0.3 is 0 Å². The molecule has 2 rings (SSSR count). The normalized spacial score (nSPS) is 32.6. The predicted molar refractivity (Wildman–Crippen MR) is 113 cm³/mol. The molecule has 2 aliphatic carbocycles. The molecule has 0 aromatic heterocycles. The highest BCUT2D eigenvalue weighted by Crippen LogP contribution is 2.47. The first-order valence-electron chi connectivity index (χ1n) is 11.8. The Hall–Kier alpha value is -0.770. The zero-order valence-electron chi connectivity index (χ0n) is 17.6. The zero-order valence-corrected chi connectivity index (χ0v) is 17.6. The van der Waals surface area contributed by atoms with Crippen LogP contribution in [-0.2, 0) is 0 Å². The van der Waals surface area contributed by atoms with Gasteiger partial charge in [-0.15, -0.1) is 0 Å². The molecule has 26 heavy (non-hydrogen) atoms. The van der Waals surface area contributed by atoms with Gasteiger partial charge in [-0.1, -0.05) is 70.4 Å². The SMILES string of the molecule is C/C=C/CCC1(C#N)CCC(C2CCC(CCCCCCC)CC2)CC1. The van der Waals surface area contributed by atoms with Gasteiger partial charge in [-0.25, -0.2) is 0 Å². The number of nitrogens with zero attached hydrogens (tertiary/aromatic N) is 1. The summed E-state index contributed by atoms with van der Waals surface area (Å²) in [6, 6.07) is 2.71. The van der Waals surface area contributed by atoms with Crippen LogP contribution in [0.4, 0.5) is 0 Å². The third-order valence-electron chi connectivity index (χ3n) is 7.52. The van der Waals surface area contributed by atoms with Crippen LogP contribution in [0.5, 0.6) is 0 Å². The van der Waals surface area contributed by atoms with Crippen molar-refractivity contribution in [3.8, 4) is 6.07 Å². The molecule has 0 atom stereocenters. The highest BCUT2D eigenvalue weighted by atomic mass is 14.4. The number of hydrogen-bond acceptors (Lipinski definition) is 1. The molecule has 0 aromatic rings. The summed E-state index contributed by atoms with van der Waals surface area (Å²) in [5, 5.41) is 9.73. The fourth-order valence-electron chi connectivity index (χ4n) is 5.59. The molecule has 2 saturated carbocycles. The van der Waals surface area contributed by atoms with E-state index in [2.05, 4.69) is 32.1 Å². The Bertz CT molecular complexity index is 428. The lowest BCUT2D eigenvalue weighted by Crippen LogP contribution is -2.31. The third kappa shape index (κ3) is 6.75. The molecular formula is C25H43N. The molecule has 1 heteroatoms. The van der Waals surface area contributed by atoms with Crippen LogP contribution in [0.2, 0.25) is 0 Å². The monoisotopic (exact) mass is 357 g/mol. The second-order valence-electron chi connectivity index (χ2n) is 9.32. The minimum absolute atomic E-state index is 0.00823. The van der Waals surface area contributed by atoms with Crippen LogP contribution in [0.3, 0.4) is 0 Å². The van der Waals surface area contributed by atoms with Crippen LogP contribution in [0.1, 0.15) is 117 Å². The summed E-state index contributed by atoms with van der Waals surface area (Å²) < 4.78 is 0. The van der Waals surface area contributed by atoms with Crippen LogP contribution in [0.25, 0.3) is 0 Å². The Morgan fingerprint density at radius 1 is 0.923 bits per heavy atom. The quantitative estimate of drug-likeness (QED) is 0.285. The first kappa shape index (κ1) is 21.5. The molecule has 148 valence electrons. The summed E-state index contributed by atoms with van der Waals surface area (Å²) in [4.78, 5) is 0. The second-order valence-corrected chi connectivity index (χ2v) is 9.32. The summed E-state index contributed by atoms with van der Waals surface area (Å²) in [5.41, 5.74) is -0.00823.